The van der Waals surface area contributed by atoms with Crippen LogP contribution in [0.4, 0.5) is 4.79 Å². The molecule has 0 aliphatic carbocycles. The van der Waals surface area contributed by atoms with Crippen LogP contribution in [0.15, 0.2) is 0 Å². The van der Waals surface area contributed by atoms with E-state index in [1.807, 2.05) is 27.7 Å². The summed E-state index contributed by atoms with van der Waals surface area (Å²) in [6.45, 7) is 7.99. The van der Waals surface area contributed by atoms with Crippen molar-refractivity contribution in [1.82, 2.24) is 16.0 Å². The van der Waals surface area contributed by atoms with Gasteiger partial charge in [-0.1, -0.05) is 13.8 Å². The minimum Gasteiger partial charge on any atom is -0.352 e. The van der Waals surface area contributed by atoms with Crippen LogP contribution in [0, 0.1) is 5.92 Å². The Hall–Kier alpha value is -1.79. The van der Waals surface area contributed by atoms with Crippen LogP contribution in [-0.2, 0) is 9.59 Å². The summed E-state index contributed by atoms with van der Waals surface area (Å²) in [4.78, 5) is 34.5. The zero-order valence-electron chi connectivity index (χ0n) is 13.4. The monoisotopic (exact) mass is 300 g/mol. The largest absolute Gasteiger partial charge is 0.352 e. The molecule has 0 rings (SSSR count). The van der Waals surface area contributed by atoms with Crippen LogP contribution in [0.3, 0.4) is 0 Å². The molecule has 0 bridgehead atoms. The molecule has 0 heterocycles. The lowest BCUT2D eigenvalue weighted by molar-refractivity contribution is -0.129. The number of hydrogen-bond acceptors (Lipinski definition) is 3. The summed E-state index contributed by atoms with van der Waals surface area (Å²) in [6, 6.07) is -1.18. The number of carbonyl (C=O) groups is 3. The van der Waals surface area contributed by atoms with Crippen molar-refractivity contribution in [3.05, 3.63) is 0 Å². The van der Waals surface area contributed by atoms with Gasteiger partial charge in [-0.15, -0.1) is 0 Å². The summed E-state index contributed by atoms with van der Waals surface area (Å²) in [5.41, 5.74) is 4.97. The Balaban J connectivity index is 4.43. The van der Waals surface area contributed by atoms with Gasteiger partial charge >= 0.3 is 6.03 Å². The van der Waals surface area contributed by atoms with Crippen molar-refractivity contribution in [2.24, 2.45) is 11.7 Å². The first-order valence-electron chi connectivity index (χ1n) is 7.35. The zero-order chi connectivity index (χ0) is 16.4. The highest BCUT2D eigenvalue weighted by Crippen LogP contribution is 2.03. The van der Waals surface area contributed by atoms with Gasteiger partial charge in [0, 0.05) is 19.0 Å². The first kappa shape index (κ1) is 19.2. The number of nitrogens with one attached hydrogen (secondary N) is 3. The zero-order valence-corrected chi connectivity index (χ0v) is 13.4. The fraction of sp³-hybridized carbons (Fsp3) is 0.786. The Labute approximate surface area is 126 Å². The second-order valence-corrected chi connectivity index (χ2v) is 5.81. The summed E-state index contributed by atoms with van der Waals surface area (Å²) in [6.07, 6.45) is 1.38. The molecule has 0 unspecified atom stereocenters. The van der Waals surface area contributed by atoms with Crippen molar-refractivity contribution in [2.45, 2.75) is 59.0 Å². The SMILES string of the molecule is CC(C)CC(=O)N[C@@H](CCCNC(N)=O)C(=O)NC(C)C. The number of hydrogen-bond donors (Lipinski definition) is 4. The second-order valence-electron chi connectivity index (χ2n) is 5.81. The molecule has 0 aromatic carbocycles. The molecule has 7 heteroatoms. The van der Waals surface area contributed by atoms with Gasteiger partial charge in [-0.3, -0.25) is 9.59 Å². The van der Waals surface area contributed by atoms with E-state index in [1.165, 1.54) is 0 Å². The lowest BCUT2D eigenvalue weighted by Crippen LogP contribution is -2.49. The van der Waals surface area contributed by atoms with Gasteiger partial charge in [0.2, 0.25) is 11.8 Å². The van der Waals surface area contributed by atoms with Gasteiger partial charge in [0.15, 0.2) is 0 Å². The molecule has 0 aromatic rings. The van der Waals surface area contributed by atoms with E-state index >= 15 is 0 Å². The number of urea groups is 1. The topological polar surface area (TPSA) is 113 Å². The maximum atomic E-state index is 12.1. The van der Waals surface area contributed by atoms with E-state index in [-0.39, 0.29) is 23.8 Å². The summed E-state index contributed by atoms with van der Waals surface area (Å²) in [5, 5.41) is 7.99. The third-order valence-corrected chi connectivity index (χ3v) is 2.65. The Kier molecular flexibility index (Phi) is 9.16. The van der Waals surface area contributed by atoms with Gasteiger partial charge in [-0.05, 0) is 32.6 Å². The van der Waals surface area contributed by atoms with E-state index in [0.717, 1.165) is 0 Å². The van der Waals surface area contributed by atoms with Crippen LogP contribution in [0.1, 0.15) is 47.0 Å². The van der Waals surface area contributed by atoms with E-state index < -0.39 is 12.1 Å². The molecule has 21 heavy (non-hydrogen) atoms. The Morgan fingerprint density at radius 2 is 1.67 bits per heavy atom. The third kappa shape index (κ3) is 10.6. The van der Waals surface area contributed by atoms with Gasteiger partial charge in [0.25, 0.3) is 0 Å². The number of nitrogens with two attached hydrogens (primary N) is 1. The minimum absolute atomic E-state index is 0.00532. The molecule has 1 atom stereocenters. The normalized spacial score (nSPS) is 12.1. The van der Waals surface area contributed by atoms with Crippen LogP contribution in [0.2, 0.25) is 0 Å². The van der Waals surface area contributed by atoms with Crippen LogP contribution in [0.25, 0.3) is 0 Å². The van der Waals surface area contributed by atoms with Gasteiger partial charge in [0.05, 0.1) is 0 Å². The van der Waals surface area contributed by atoms with E-state index in [2.05, 4.69) is 16.0 Å². The minimum atomic E-state index is -0.595. The highest BCUT2D eigenvalue weighted by atomic mass is 16.2. The van der Waals surface area contributed by atoms with E-state index in [9.17, 15) is 14.4 Å². The van der Waals surface area contributed by atoms with Crippen molar-refractivity contribution in [3.8, 4) is 0 Å². The van der Waals surface area contributed by atoms with Gasteiger partial charge in [0.1, 0.15) is 6.04 Å². The molecule has 0 aliphatic heterocycles. The number of primary amides is 1. The lowest BCUT2D eigenvalue weighted by Gasteiger charge is -2.20. The third-order valence-electron chi connectivity index (χ3n) is 2.65. The fourth-order valence-electron chi connectivity index (χ4n) is 1.80. The molecule has 7 nitrogen and oxygen atoms in total. The Morgan fingerprint density at radius 3 is 2.14 bits per heavy atom. The van der Waals surface area contributed by atoms with Crippen molar-refractivity contribution in [1.29, 1.82) is 0 Å². The molecule has 0 saturated heterocycles. The molecule has 4 amide bonds. The van der Waals surface area contributed by atoms with E-state index in [1.54, 1.807) is 0 Å². The fourth-order valence-corrected chi connectivity index (χ4v) is 1.80. The molecule has 0 aliphatic rings. The first-order valence-corrected chi connectivity index (χ1v) is 7.35. The Bertz CT molecular complexity index is 356. The molecule has 5 N–H and O–H groups in total. The molecule has 0 saturated carbocycles. The van der Waals surface area contributed by atoms with Crippen molar-refractivity contribution < 1.29 is 14.4 Å². The molecular weight excluding hydrogens is 272 g/mol. The maximum Gasteiger partial charge on any atom is 0.312 e. The van der Waals surface area contributed by atoms with Gasteiger partial charge < -0.3 is 21.7 Å². The van der Waals surface area contributed by atoms with Crippen molar-refractivity contribution in [2.75, 3.05) is 6.54 Å². The highest BCUT2D eigenvalue weighted by molar-refractivity contribution is 5.87. The van der Waals surface area contributed by atoms with Crippen LogP contribution in [-0.4, -0.2) is 36.5 Å². The molecular formula is C14H28N4O3. The highest BCUT2D eigenvalue weighted by Gasteiger charge is 2.21. The predicted molar refractivity (Wildman–Crippen MR) is 81.5 cm³/mol. The molecule has 0 radical (unpaired) electrons. The number of rotatable bonds is 9. The molecule has 0 fully saturated rings. The summed E-state index contributed by atoms with van der Waals surface area (Å²) in [7, 11) is 0. The summed E-state index contributed by atoms with van der Waals surface area (Å²) >= 11 is 0. The van der Waals surface area contributed by atoms with Gasteiger partial charge in [-0.25, -0.2) is 4.79 Å². The van der Waals surface area contributed by atoms with E-state index in [4.69, 9.17) is 5.73 Å². The second kappa shape index (κ2) is 10.0. The first-order chi connectivity index (χ1) is 9.72. The van der Waals surface area contributed by atoms with Crippen molar-refractivity contribution in [3.63, 3.8) is 0 Å². The standard InChI is InChI=1S/C14H28N4O3/c1-9(2)8-12(19)18-11(13(20)17-10(3)4)6-5-7-16-14(15)21/h9-11H,5-8H2,1-4H3,(H,17,20)(H,18,19)(H3,15,16,21)/t11-/m0/s1. The molecule has 0 spiro atoms. The molecule has 0 aromatic heterocycles. The van der Waals surface area contributed by atoms with Crippen LogP contribution in [0.5, 0.6) is 0 Å². The predicted octanol–water partition coefficient (Wildman–Crippen LogP) is 0.490. The number of carbonyl (C=O) groups excluding carboxylic acids is 3. The average molecular weight is 300 g/mol. The summed E-state index contributed by atoms with van der Waals surface area (Å²) in [5.74, 6) is -0.117. The lowest BCUT2D eigenvalue weighted by atomic mass is 10.1. The Morgan fingerprint density at radius 1 is 1.05 bits per heavy atom. The maximum absolute atomic E-state index is 12.1. The van der Waals surface area contributed by atoms with Crippen LogP contribution >= 0.6 is 0 Å². The molecule has 122 valence electrons. The smallest absolute Gasteiger partial charge is 0.312 e. The number of amides is 4. The van der Waals surface area contributed by atoms with Crippen LogP contribution < -0.4 is 21.7 Å². The quantitative estimate of drug-likeness (QED) is 0.465. The van der Waals surface area contributed by atoms with Gasteiger partial charge in [-0.2, -0.15) is 0 Å². The van der Waals surface area contributed by atoms with E-state index in [0.29, 0.717) is 25.8 Å². The average Bonchev–Trinajstić information content (AvgIpc) is 2.30. The summed E-state index contributed by atoms with van der Waals surface area (Å²) < 4.78 is 0. The van der Waals surface area contributed by atoms with Crippen molar-refractivity contribution >= 4 is 17.8 Å².